The number of hydrazone groups is 1. The number of ether oxygens (including phenoxy) is 2. The quantitative estimate of drug-likeness (QED) is 0.425. The van der Waals surface area contributed by atoms with E-state index in [-0.39, 0.29) is 5.91 Å². The molecular weight excluding hydrogens is 420 g/mol. The van der Waals surface area contributed by atoms with E-state index in [0.717, 1.165) is 15.6 Å². The van der Waals surface area contributed by atoms with E-state index >= 15 is 0 Å². The third-order valence-corrected chi connectivity index (χ3v) is 4.44. The number of nitrogens with zero attached hydrogens (tertiary/aromatic N) is 1. The molecule has 0 unspecified atom stereocenters. The molecule has 0 aliphatic carbocycles. The Morgan fingerprint density at radius 1 is 1.04 bits per heavy atom. The van der Waals surface area contributed by atoms with Gasteiger partial charge in [-0.25, -0.2) is 5.43 Å². The summed E-state index contributed by atoms with van der Waals surface area (Å²) in [6.45, 7) is 0.435. The van der Waals surface area contributed by atoms with E-state index in [9.17, 15) is 4.79 Å². The lowest BCUT2D eigenvalue weighted by atomic mass is 10.2. The van der Waals surface area contributed by atoms with Gasteiger partial charge in [-0.1, -0.05) is 46.3 Å². The molecule has 0 saturated heterocycles. The second-order valence-corrected chi connectivity index (χ2v) is 6.81. The SMILES string of the molecule is COc1cc(/C=N\NC(=O)c2ccccc2)ccc1OCc1ccc(Br)cc1. The van der Waals surface area contributed by atoms with Crippen molar-refractivity contribution < 1.29 is 14.3 Å². The van der Waals surface area contributed by atoms with Gasteiger partial charge < -0.3 is 9.47 Å². The highest BCUT2D eigenvalue weighted by atomic mass is 79.9. The van der Waals surface area contributed by atoms with Crippen LogP contribution in [-0.2, 0) is 6.61 Å². The zero-order valence-electron chi connectivity index (χ0n) is 15.3. The maximum atomic E-state index is 12.0. The topological polar surface area (TPSA) is 59.9 Å². The molecule has 5 nitrogen and oxygen atoms in total. The predicted molar refractivity (Wildman–Crippen MR) is 113 cm³/mol. The van der Waals surface area contributed by atoms with Crippen molar-refractivity contribution in [2.75, 3.05) is 7.11 Å². The summed E-state index contributed by atoms with van der Waals surface area (Å²) in [6, 6.07) is 22.3. The van der Waals surface area contributed by atoms with Crippen LogP contribution in [0.1, 0.15) is 21.5 Å². The lowest BCUT2D eigenvalue weighted by molar-refractivity contribution is 0.0955. The van der Waals surface area contributed by atoms with Crippen molar-refractivity contribution in [2.45, 2.75) is 6.61 Å². The highest BCUT2D eigenvalue weighted by molar-refractivity contribution is 9.10. The molecular formula is C22H19BrN2O3. The molecule has 0 saturated carbocycles. The van der Waals surface area contributed by atoms with Crippen LogP contribution in [0, 0.1) is 0 Å². The van der Waals surface area contributed by atoms with Crippen LogP contribution in [0.25, 0.3) is 0 Å². The van der Waals surface area contributed by atoms with Crippen molar-refractivity contribution in [2.24, 2.45) is 5.10 Å². The van der Waals surface area contributed by atoms with E-state index in [0.29, 0.717) is 23.7 Å². The summed E-state index contributed by atoms with van der Waals surface area (Å²) >= 11 is 3.42. The van der Waals surface area contributed by atoms with Gasteiger partial charge in [0.2, 0.25) is 0 Å². The summed E-state index contributed by atoms with van der Waals surface area (Å²) in [4.78, 5) is 12.0. The van der Waals surface area contributed by atoms with Gasteiger partial charge in [-0.2, -0.15) is 5.10 Å². The molecule has 1 amide bonds. The maximum Gasteiger partial charge on any atom is 0.271 e. The minimum absolute atomic E-state index is 0.265. The van der Waals surface area contributed by atoms with E-state index in [1.54, 1.807) is 43.7 Å². The molecule has 28 heavy (non-hydrogen) atoms. The van der Waals surface area contributed by atoms with Gasteiger partial charge in [0.25, 0.3) is 5.91 Å². The predicted octanol–water partition coefficient (Wildman–Crippen LogP) is 4.80. The van der Waals surface area contributed by atoms with Crippen LogP contribution in [0.15, 0.2) is 82.4 Å². The molecule has 0 radical (unpaired) electrons. The fourth-order valence-electron chi connectivity index (χ4n) is 2.44. The second-order valence-electron chi connectivity index (χ2n) is 5.89. The number of hydrogen-bond donors (Lipinski definition) is 1. The zero-order chi connectivity index (χ0) is 19.8. The fraction of sp³-hybridized carbons (Fsp3) is 0.0909. The molecule has 0 atom stereocenters. The molecule has 142 valence electrons. The van der Waals surface area contributed by atoms with Gasteiger partial charge in [-0.15, -0.1) is 0 Å². The summed E-state index contributed by atoms with van der Waals surface area (Å²) in [5.41, 5.74) is 4.89. The monoisotopic (exact) mass is 438 g/mol. The van der Waals surface area contributed by atoms with Gasteiger partial charge in [0.1, 0.15) is 6.61 Å². The summed E-state index contributed by atoms with van der Waals surface area (Å²) in [5, 5.41) is 4.00. The highest BCUT2D eigenvalue weighted by Crippen LogP contribution is 2.28. The second kappa shape index (κ2) is 9.71. The standard InChI is InChI=1S/C22H19BrN2O3/c1-27-21-13-17(14-24-25-22(26)18-5-3-2-4-6-18)9-12-20(21)28-15-16-7-10-19(23)11-8-16/h2-14H,15H2,1H3,(H,25,26)/b24-14-. The van der Waals surface area contributed by atoms with Crippen molar-refractivity contribution >= 4 is 28.1 Å². The van der Waals surface area contributed by atoms with Gasteiger partial charge in [0, 0.05) is 10.0 Å². The molecule has 3 aromatic carbocycles. The molecule has 0 bridgehead atoms. The number of nitrogens with one attached hydrogen (secondary N) is 1. The first-order valence-electron chi connectivity index (χ1n) is 8.59. The first-order valence-corrected chi connectivity index (χ1v) is 9.39. The number of carbonyl (C=O) groups excluding carboxylic acids is 1. The average molecular weight is 439 g/mol. The van der Waals surface area contributed by atoms with Crippen molar-refractivity contribution in [1.82, 2.24) is 5.43 Å². The van der Waals surface area contributed by atoms with Crippen LogP contribution in [0.5, 0.6) is 11.5 Å². The smallest absolute Gasteiger partial charge is 0.271 e. The number of benzene rings is 3. The number of hydrogen-bond acceptors (Lipinski definition) is 4. The summed E-state index contributed by atoms with van der Waals surface area (Å²) < 4.78 is 12.3. The number of halogens is 1. The molecule has 0 spiro atoms. The Labute approximate surface area is 172 Å². The molecule has 0 heterocycles. The average Bonchev–Trinajstić information content (AvgIpc) is 2.74. The van der Waals surface area contributed by atoms with E-state index < -0.39 is 0 Å². The van der Waals surface area contributed by atoms with Crippen molar-refractivity contribution in [3.63, 3.8) is 0 Å². The van der Waals surface area contributed by atoms with E-state index in [1.807, 2.05) is 42.5 Å². The summed E-state index contributed by atoms with van der Waals surface area (Å²) in [6.07, 6.45) is 1.56. The van der Waals surface area contributed by atoms with Crippen LogP contribution < -0.4 is 14.9 Å². The van der Waals surface area contributed by atoms with Crippen molar-refractivity contribution in [1.29, 1.82) is 0 Å². The first kappa shape index (κ1) is 19.6. The molecule has 0 aliphatic rings. The molecule has 0 aromatic heterocycles. The lowest BCUT2D eigenvalue weighted by Crippen LogP contribution is -2.17. The lowest BCUT2D eigenvalue weighted by Gasteiger charge is -2.11. The molecule has 0 fully saturated rings. The molecule has 3 aromatic rings. The number of methoxy groups -OCH3 is 1. The minimum atomic E-state index is -0.265. The third kappa shape index (κ3) is 5.44. The van der Waals surface area contributed by atoms with Gasteiger partial charge in [0.05, 0.1) is 13.3 Å². The molecule has 0 aliphatic heterocycles. The number of rotatable bonds is 7. The van der Waals surface area contributed by atoms with E-state index in [4.69, 9.17) is 9.47 Å². The maximum absolute atomic E-state index is 12.0. The Bertz CT molecular complexity index is 957. The normalized spacial score (nSPS) is 10.6. The van der Waals surface area contributed by atoms with Gasteiger partial charge in [-0.3, -0.25) is 4.79 Å². The van der Waals surface area contributed by atoms with Crippen LogP contribution >= 0.6 is 15.9 Å². The van der Waals surface area contributed by atoms with E-state index in [2.05, 4.69) is 26.5 Å². The number of carbonyl (C=O) groups is 1. The van der Waals surface area contributed by atoms with E-state index in [1.165, 1.54) is 0 Å². The zero-order valence-corrected chi connectivity index (χ0v) is 16.8. The summed E-state index contributed by atoms with van der Waals surface area (Å²) in [5.74, 6) is 0.963. The Morgan fingerprint density at radius 3 is 2.50 bits per heavy atom. The van der Waals surface area contributed by atoms with Crippen molar-refractivity contribution in [3.05, 3.63) is 94.0 Å². The highest BCUT2D eigenvalue weighted by Gasteiger charge is 2.06. The Hall–Kier alpha value is -3.12. The van der Waals surface area contributed by atoms with Gasteiger partial charge in [-0.05, 0) is 53.6 Å². The Morgan fingerprint density at radius 2 is 1.79 bits per heavy atom. The van der Waals surface area contributed by atoms with Gasteiger partial charge >= 0.3 is 0 Å². The Balaban J connectivity index is 1.62. The summed E-state index contributed by atoms with van der Waals surface area (Å²) in [7, 11) is 1.58. The van der Waals surface area contributed by atoms with Crippen LogP contribution in [0.2, 0.25) is 0 Å². The Kier molecular flexibility index (Phi) is 6.81. The number of amides is 1. The van der Waals surface area contributed by atoms with Gasteiger partial charge in [0.15, 0.2) is 11.5 Å². The molecule has 1 N–H and O–H groups in total. The minimum Gasteiger partial charge on any atom is -0.493 e. The van der Waals surface area contributed by atoms with Crippen LogP contribution in [0.4, 0.5) is 0 Å². The molecule has 6 heteroatoms. The first-order chi connectivity index (χ1) is 13.7. The fourth-order valence-corrected chi connectivity index (χ4v) is 2.71. The van der Waals surface area contributed by atoms with Crippen LogP contribution in [-0.4, -0.2) is 19.2 Å². The largest absolute Gasteiger partial charge is 0.493 e. The van der Waals surface area contributed by atoms with Crippen molar-refractivity contribution in [3.8, 4) is 11.5 Å². The molecule has 3 rings (SSSR count). The van der Waals surface area contributed by atoms with Crippen LogP contribution in [0.3, 0.4) is 0 Å². The third-order valence-electron chi connectivity index (χ3n) is 3.91.